The summed E-state index contributed by atoms with van der Waals surface area (Å²) in [6.07, 6.45) is 2.61. The number of benzene rings is 2. The van der Waals surface area contributed by atoms with Gasteiger partial charge in [0.25, 0.3) is 0 Å². The van der Waals surface area contributed by atoms with Crippen molar-refractivity contribution in [1.82, 2.24) is 9.78 Å². The van der Waals surface area contributed by atoms with Crippen molar-refractivity contribution in [1.29, 1.82) is 0 Å². The van der Waals surface area contributed by atoms with Crippen LogP contribution in [0.4, 0.5) is 0 Å². The summed E-state index contributed by atoms with van der Waals surface area (Å²) in [6, 6.07) is 17.3. The van der Waals surface area contributed by atoms with Crippen LogP contribution in [0, 0.1) is 5.92 Å². The third-order valence-corrected chi connectivity index (χ3v) is 4.64. The van der Waals surface area contributed by atoms with E-state index in [1.807, 2.05) is 65.5 Å². The zero-order valence-corrected chi connectivity index (χ0v) is 13.5. The minimum absolute atomic E-state index is 0.0191. The maximum absolute atomic E-state index is 11.3. The van der Waals surface area contributed by atoms with Crippen LogP contribution in [0.5, 0.6) is 0 Å². The zero-order valence-electron chi connectivity index (χ0n) is 12.8. The Balaban J connectivity index is 1.80. The van der Waals surface area contributed by atoms with Crippen LogP contribution >= 0.6 is 11.6 Å². The summed E-state index contributed by atoms with van der Waals surface area (Å²) in [6.45, 7) is 0. The van der Waals surface area contributed by atoms with Crippen LogP contribution < -0.4 is 0 Å². The number of hydrogen-bond acceptors (Lipinski definition) is 2. The molecule has 0 spiro atoms. The Kier molecular flexibility index (Phi) is 3.62. The van der Waals surface area contributed by atoms with Gasteiger partial charge in [-0.2, -0.15) is 5.10 Å². The maximum Gasteiger partial charge on any atom is 0.307 e. The molecule has 1 N–H and O–H groups in total. The zero-order chi connectivity index (χ0) is 16.7. The van der Waals surface area contributed by atoms with E-state index in [-0.39, 0.29) is 11.8 Å². The molecule has 0 radical (unpaired) electrons. The standard InChI is InChI=1S/C19H15ClN2O2/c20-13-8-6-12(7-9-13)18-17(15-10-16(15)19(23)24)11-22(21-18)14-4-2-1-3-5-14/h1-9,11,15-16H,10H2,(H,23,24). The van der Waals surface area contributed by atoms with Crippen molar-refractivity contribution in [2.75, 3.05) is 0 Å². The third kappa shape index (κ3) is 2.69. The Morgan fingerprint density at radius 3 is 2.46 bits per heavy atom. The molecule has 1 saturated carbocycles. The average molecular weight is 339 g/mol. The van der Waals surface area contributed by atoms with Crippen LogP contribution in [0.25, 0.3) is 16.9 Å². The minimum Gasteiger partial charge on any atom is -0.481 e. The van der Waals surface area contributed by atoms with Gasteiger partial charge in [-0.15, -0.1) is 0 Å². The second kappa shape index (κ2) is 5.80. The minimum atomic E-state index is -0.741. The lowest BCUT2D eigenvalue weighted by molar-refractivity contribution is -0.138. The van der Waals surface area contributed by atoms with E-state index in [4.69, 9.17) is 16.7 Å². The number of carboxylic acid groups (broad SMARTS) is 1. The van der Waals surface area contributed by atoms with Crippen molar-refractivity contribution >= 4 is 17.6 Å². The molecule has 4 rings (SSSR count). The van der Waals surface area contributed by atoms with Crippen molar-refractivity contribution in [3.8, 4) is 16.9 Å². The van der Waals surface area contributed by atoms with Gasteiger partial charge in [0.1, 0.15) is 0 Å². The Hall–Kier alpha value is -2.59. The molecule has 0 aliphatic heterocycles. The quantitative estimate of drug-likeness (QED) is 0.768. The lowest BCUT2D eigenvalue weighted by atomic mass is 10.0. The fourth-order valence-electron chi connectivity index (χ4n) is 3.02. The average Bonchev–Trinajstić information content (AvgIpc) is 3.28. The molecule has 2 atom stereocenters. The molecule has 3 aromatic rings. The van der Waals surface area contributed by atoms with Crippen LogP contribution in [0.1, 0.15) is 17.9 Å². The molecule has 1 heterocycles. The first-order valence-electron chi connectivity index (χ1n) is 7.77. The summed E-state index contributed by atoms with van der Waals surface area (Å²) in [5.41, 5.74) is 3.70. The van der Waals surface area contributed by atoms with Crippen LogP contribution in [0.15, 0.2) is 60.8 Å². The molecule has 5 heteroatoms. The molecule has 1 fully saturated rings. The molecular weight excluding hydrogens is 324 g/mol. The molecule has 1 aliphatic rings. The number of hydrogen-bond donors (Lipinski definition) is 1. The molecule has 120 valence electrons. The van der Waals surface area contributed by atoms with Crippen molar-refractivity contribution in [2.45, 2.75) is 12.3 Å². The lowest BCUT2D eigenvalue weighted by Crippen LogP contribution is -1.99. The van der Waals surface area contributed by atoms with Gasteiger partial charge in [0.15, 0.2) is 0 Å². The van der Waals surface area contributed by atoms with Crippen LogP contribution in [-0.4, -0.2) is 20.9 Å². The Morgan fingerprint density at radius 2 is 1.83 bits per heavy atom. The van der Waals surface area contributed by atoms with Gasteiger partial charge in [-0.25, -0.2) is 4.68 Å². The fraction of sp³-hybridized carbons (Fsp3) is 0.158. The number of para-hydroxylation sites is 1. The summed E-state index contributed by atoms with van der Waals surface area (Å²) < 4.78 is 1.82. The van der Waals surface area contributed by atoms with E-state index in [0.717, 1.165) is 22.5 Å². The lowest BCUT2D eigenvalue weighted by Gasteiger charge is -2.01. The molecule has 1 aliphatic carbocycles. The number of aliphatic carboxylic acids is 1. The van der Waals surface area contributed by atoms with Gasteiger partial charge in [0.05, 0.1) is 17.3 Å². The van der Waals surface area contributed by atoms with Crippen molar-refractivity contribution in [3.63, 3.8) is 0 Å². The summed E-state index contributed by atoms with van der Waals surface area (Å²) in [5, 5.41) is 14.6. The molecule has 0 bridgehead atoms. The largest absolute Gasteiger partial charge is 0.481 e. The first-order valence-corrected chi connectivity index (χ1v) is 8.15. The first kappa shape index (κ1) is 15.0. The summed E-state index contributed by atoms with van der Waals surface area (Å²) in [4.78, 5) is 11.3. The third-order valence-electron chi connectivity index (χ3n) is 4.39. The van der Waals surface area contributed by atoms with Gasteiger partial charge in [0.2, 0.25) is 0 Å². The monoisotopic (exact) mass is 338 g/mol. The molecule has 24 heavy (non-hydrogen) atoms. The highest BCUT2D eigenvalue weighted by Crippen LogP contribution is 2.50. The van der Waals surface area contributed by atoms with Crippen molar-refractivity contribution < 1.29 is 9.90 Å². The smallest absolute Gasteiger partial charge is 0.307 e. The van der Waals surface area contributed by atoms with Crippen LogP contribution in [0.2, 0.25) is 5.02 Å². The number of carboxylic acids is 1. The van der Waals surface area contributed by atoms with Gasteiger partial charge in [-0.3, -0.25) is 4.79 Å². The predicted molar refractivity (Wildman–Crippen MR) is 92.5 cm³/mol. The van der Waals surface area contributed by atoms with Gasteiger partial charge in [-0.05, 0) is 30.7 Å². The number of halogens is 1. The van der Waals surface area contributed by atoms with Gasteiger partial charge >= 0.3 is 5.97 Å². The fourth-order valence-corrected chi connectivity index (χ4v) is 3.14. The van der Waals surface area contributed by atoms with Gasteiger partial charge < -0.3 is 5.11 Å². The van der Waals surface area contributed by atoms with E-state index in [0.29, 0.717) is 11.4 Å². The van der Waals surface area contributed by atoms with E-state index in [9.17, 15) is 9.90 Å². The number of aromatic nitrogens is 2. The van der Waals surface area contributed by atoms with Crippen LogP contribution in [-0.2, 0) is 4.79 Å². The predicted octanol–water partition coefficient (Wildman–Crippen LogP) is 4.38. The number of rotatable bonds is 4. The summed E-state index contributed by atoms with van der Waals surface area (Å²) in [7, 11) is 0. The Bertz CT molecular complexity index is 887. The van der Waals surface area contributed by atoms with E-state index in [1.165, 1.54) is 0 Å². The topological polar surface area (TPSA) is 55.1 Å². The molecule has 2 unspecified atom stereocenters. The van der Waals surface area contributed by atoms with Crippen molar-refractivity contribution in [3.05, 3.63) is 71.4 Å². The molecule has 4 nitrogen and oxygen atoms in total. The second-order valence-corrected chi connectivity index (χ2v) is 6.44. The van der Waals surface area contributed by atoms with Crippen molar-refractivity contribution in [2.24, 2.45) is 5.92 Å². The Labute approximate surface area is 144 Å². The second-order valence-electron chi connectivity index (χ2n) is 6.01. The van der Waals surface area contributed by atoms with E-state index in [1.54, 1.807) is 0 Å². The van der Waals surface area contributed by atoms with E-state index < -0.39 is 5.97 Å². The SMILES string of the molecule is O=C(O)C1CC1c1cn(-c2ccccc2)nc1-c1ccc(Cl)cc1. The van der Waals surface area contributed by atoms with Crippen LogP contribution in [0.3, 0.4) is 0 Å². The normalized spacial score (nSPS) is 19.2. The van der Waals surface area contributed by atoms with E-state index >= 15 is 0 Å². The molecular formula is C19H15ClN2O2. The highest BCUT2D eigenvalue weighted by molar-refractivity contribution is 6.30. The number of carbonyl (C=O) groups is 1. The summed E-state index contributed by atoms with van der Waals surface area (Å²) >= 11 is 5.98. The molecule has 0 saturated heterocycles. The molecule has 1 aromatic heterocycles. The van der Waals surface area contributed by atoms with Gasteiger partial charge in [-0.1, -0.05) is 41.9 Å². The molecule has 2 aromatic carbocycles. The number of nitrogens with zero attached hydrogens (tertiary/aromatic N) is 2. The summed E-state index contributed by atoms with van der Waals surface area (Å²) in [5.74, 6) is -1.04. The molecule has 0 amide bonds. The van der Waals surface area contributed by atoms with Gasteiger partial charge in [0, 0.05) is 28.3 Å². The maximum atomic E-state index is 11.3. The highest BCUT2D eigenvalue weighted by atomic mass is 35.5. The van der Waals surface area contributed by atoms with E-state index in [2.05, 4.69) is 0 Å². The first-order chi connectivity index (χ1) is 11.6. The highest BCUT2D eigenvalue weighted by Gasteiger charge is 2.46. The Morgan fingerprint density at radius 1 is 1.12 bits per heavy atom.